The number of thioether (sulfide) groups is 1. The average Bonchev–Trinajstić information content (AvgIpc) is 3.04. The summed E-state index contributed by atoms with van der Waals surface area (Å²) in [6.45, 7) is 0.290. The number of unbranched alkanes of at least 4 members (excludes halogenated alkanes) is 1. The highest BCUT2D eigenvalue weighted by Gasteiger charge is 2.37. The topological polar surface area (TPSA) is 82.5 Å². The Labute approximate surface area is 210 Å². The largest absolute Gasteiger partial charge is 0.481 e. The molecule has 0 radical (unpaired) electrons. The highest BCUT2D eigenvalue weighted by atomic mass is 32.2. The number of rotatable bonds is 8. The number of halogens is 6. The Morgan fingerprint density at radius 1 is 1.08 bits per heavy atom. The first kappa shape index (κ1) is 27.6. The van der Waals surface area contributed by atoms with E-state index < -0.39 is 35.4 Å². The summed E-state index contributed by atoms with van der Waals surface area (Å²) in [6.07, 6.45) is -7.81. The predicted octanol–water partition coefficient (Wildman–Crippen LogP) is 5.75. The van der Waals surface area contributed by atoms with Gasteiger partial charge in [-0.1, -0.05) is 30.0 Å². The zero-order chi connectivity index (χ0) is 26.7. The van der Waals surface area contributed by atoms with E-state index in [1.165, 1.54) is 24.3 Å². The van der Waals surface area contributed by atoms with Gasteiger partial charge in [0, 0.05) is 18.5 Å². The summed E-state index contributed by atoms with van der Waals surface area (Å²) in [7, 11) is 0. The highest BCUT2D eigenvalue weighted by molar-refractivity contribution is 8.26. The number of nitrogens with one attached hydrogen (secondary N) is 1. The van der Waals surface area contributed by atoms with Crippen molar-refractivity contribution in [2.24, 2.45) is 0 Å². The number of carboxylic acid groups (broad SMARTS) is 1. The molecule has 2 N–H and O–H groups in total. The lowest BCUT2D eigenvalue weighted by Crippen LogP contribution is -2.41. The molecule has 2 aromatic rings. The number of thiocarbonyl (C=S) groups is 1. The molecule has 1 aliphatic heterocycles. The number of alkyl halides is 6. The van der Waals surface area contributed by atoms with Crippen molar-refractivity contribution < 1.29 is 41.0 Å². The van der Waals surface area contributed by atoms with E-state index >= 15 is 0 Å². The van der Waals surface area contributed by atoms with E-state index in [4.69, 9.17) is 17.3 Å². The van der Waals surface area contributed by atoms with Gasteiger partial charge >= 0.3 is 18.3 Å². The van der Waals surface area contributed by atoms with Gasteiger partial charge in [-0.05, 0) is 49.2 Å². The fourth-order valence-electron chi connectivity index (χ4n) is 3.13. The van der Waals surface area contributed by atoms with E-state index in [2.05, 4.69) is 10.4 Å². The second-order valence-corrected chi connectivity index (χ2v) is 9.19. The van der Waals surface area contributed by atoms with Gasteiger partial charge in [0.05, 0.1) is 27.4 Å². The Morgan fingerprint density at radius 3 is 2.31 bits per heavy atom. The molecule has 2 heterocycles. The summed E-state index contributed by atoms with van der Waals surface area (Å²) in [4.78, 5) is 27.5. The number of carbonyl (C=O) groups is 2. The minimum Gasteiger partial charge on any atom is -0.481 e. The number of hydrazine groups is 1. The Morgan fingerprint density at radius 2 is 1.72 bits per heavy atom. The molecular formula is C22H17F6N3O3S2. The first-order chi connectivity index (χ1) is 16.8. The monoisotopic (exact) mass is 549 g/mol. The molecule has 0 atom stereocenters. The SMILES string of the molecule is O=C(O)CCCCNN1C(=O)/C(=C/c2cccc(-c3cc(C(F)(F)F)cc(C(F)(F)F)c3)n2)SC1=S. The third-order valence-corrected chi connectivity index (χ3v) is 6.12. The molecule has 1 aromatic carbocycles. The van der Waals surface area contributed by atoms with Crippen molar-refractivity contribution in [1.29, 1.82) is 0 Å². The molecule has 0 bridgehead atoms. The quantitative estimate of drug-likeness (QED) is 0.188. The predicted molar refractivity (Wildman–Crippen MR) is 124 cm³/mol. The number of pyridine rings is 1. The Bertz CT molecular complexity index is 1180. The number of nitrogens with zero attached hydrogens (tertiary/aromatic N) is 2. The lowest BCUT2D eigenvalue weighted by Gasteiger charge is -2.15. The van der Waals surface area contributed by atoms with Crippen LogP contribution in [0.1, 0.15) is 36.1 Å². The van der Waals surface area contributed by atoms with E-state index in [9.17, 15) is 35.9 Å². The summed E-state index contributed by atoms with van der Waals surface area (Å²) in [5.41, 5.74) is -0.530. The molecule has 0 aliphatic carbocycles. The van der Waals surface area contributed by atoms with Crippen LogP contribution in [0.5, 0.6) is 0 Å². The minimum atomic E-state index is -5.00. The Kier molecular flexibility index (Phi) is 8.41. The van der Waals surface area contributed by atoms with E-state index in [0.29, 0.717) is 25.0 Å². The maximum atomic E-state index is 13.2. The molecule has 1 saturated heterocycles. The number of carbonyl (C=O) groups excluding carboxylic acids is 1. The lowest BCUT2D eigenvalue weighted by atomic mass is 10.0. The van der Waals surface area contributed by atoms with Crippen LogP contribution in [-0.4, -0.2) is 37.8 Å². The third-order valence-electron chi connectivity index (χ3n) is 4.81. The Balaban J connectivity index is 1.83. The fourth-order valence-corrected chi connectivity index (χ4v) is 4.33. The summed E-state index contributed by atoms with van der Waals surface area (Å²) in [5.74, 6) is -1.45. The average molecular weight is 550 g/mol. The molecule has 3 rings (SSSR count). The van der Waals surface area contributed by atoms with Crippen LogP contribution in [0.15, 0.2) is 41.3 Å². The van der Waals surface area contributed by atoms with Gasteiger partial charge in [-0.15, -0.1) is 0 Å². The van der Waals surface area contributed by atoms with Crippen LogP contribution in [0.4, 0.5) is 26.3 Å². The smallest absolute Gasteiger partial charge is 0.416 e. The number of benzene rings is 1. The van der Waals surface area contributed by atoms with Crippen molar-refractivity contribution in [2.75, 3.05) is 6.54 Å². The van der Waals surface area contributed by atoms with Gasteiger partial charge in [0.2, 0.25) is 0 Å². The van der Waals surface area contributed by atoms with Gasteiger partial charge in [0.1, 0.15) is 0 Å². The number of carboxylic acids is 1. The molecule has 1 aliphatic rings. The molecule has 1 aromatic heterocycles. The number of hydrogen-bond donors (Lipinski definition) is 2. The molecule has 6 nitrogen and oxygen atoms in total. The molecule has 0 spiro atoms. The maximum Gasteiger partial charge on any atom is 0.416 e. The molecule has 1 amide bonds. The molecule has 0 unspecified atom stereocenters. The van der Waals surface area contributed by atoms with E-state index in [-0.39, 0.29) is 45.2 Å². The van der Waals surface area contributed by atoms with Crippen molar-refractivity contribution in [3.05, 3.63) is 58.1 Å². The van der Waals surface area contributed by atoms with E-state index in [1.54, 1.807) is 0 Å². The number of aromatic nitrogens is 1. The number of hydrogen-bond acceptors (Lipinski definition) is 6. The van der Waals surface area contributed by atoms with Crippen LogP contribution in [0.2, 0.25) is 0 Å². The summed E-state index contributed by atoms with van der Waals surface area (Å²) in [6, 6.07) is 5.28. The normalized spacial score (nSPS) is 15.7. The second-order valence-electron chi connectivity index (χ2n) is 7.52. The Hall–Kier alpha value is -2.97. The van der Waals surface area contributed by atoms with E-state index in [0.717, 1.165) is 16.8 Å². The third kappa shape index (κ3) is 7.04. The maximum absolute atomic E-state index is 13.2. The van der Waals surface area contributed by atoms with Crippen molar-refractivity contribution in [2.45, 2.75) is 31.6 Å². The van der Waals surface area contributed by atoms with Gasteiger partial charge < -0.3 is 5.11 Å². The van der Waals surface area contributed by atoms with Gasteiger partial charge in [0.15, 0.2) is 4.32 Å². The first-order valence-corrected chi connectivity index (χ1v) is 11.5. The summed E-state index contributed by atoms with van der Waals surface area (Å²) >= 11 is 6.10. The van der Waals surface area contributed by atoms with Gasteiger partial charge in [-0.2, -0.15) is 26.3 Å². The summed E-state index contributed by atoms with van der Waals surface area (Å²) < 4.78 is 79.4. The number of amides is 1. The first-order valence-electron chi connectivity index (χ1n) is 10.3. The summed E-state index contributed by atoms with van der Waals surface area (Å²) in [5, 5.41) is 9.76. The number of aliphatic carboxylic acids is 1. The molecule has 14 heteroatoms. The van der Waals surface area contributed by atoms with Crippen LogP contribution in [0.25, 0.3) is 17.3 Å². The van der Waals surface area contributed by atoms with Crippen LogP contribution >= 0.6 is 24.0 Å². The zero-order valence-corrected chi connectivity index (χ0v) is 19.7. The van der Waals surface area contributed by atoms with Crippen molar-refractivity contribution >= 4 is 46.3 Å². The van der Waals surface area contributed by atoms with E-state index in [1.807, 2.05) is 0 Å². The molecule has 0 saturated carbocycles. The molecule has 36 heavy (non-hydrogen) atoms. The molecular weight excluding hydrogens is 532 g/mol. The van der Waals surface area contributed by atoms with Crippen LogP contribution in [0, 0.1) is 0 Å². The minimum absolute atomic E-state index is 0.0155. The molecule has 1 fully saturated rings. The molecule has 192 valence electrons. The zero-order valence-electron chi connectivity index (χ0n) is 18.1. The van der Waals surface area contributed by atoms with Crippen molar-refractivity contribution in [3.8, 4) is 11.3 Å². The van der Waals surface area contributed by atoms with Gasteiger partial charge in [-0.25, -0.2) is 15.4 Å². The highest BCUT2D eigenvalue weighted by Crippen LogP contribution is 2.38. The second kappa shape index (κ2) is 11.0. The van der Waals surface area contributed by atoms with Crippen LogP contribution in [0.3, 0.4) is 0 Å². The standard InChI is InChI=1S/C22H17F6N3O3S2/c23-21(24,25)13-8-12(9-14(10-13)22(26,27)28)16-5-3-4-15(30-16)11-17-19(34)31(20(35)36-17)29-7-2-1-6-18(32)33/h3-5,8-11,29H,1-2,6-7H2,(H,32,33)/b17-11-. The van der Waals surface area contributed by atoms with Crippen LogP contribution < -0.4 is 5.43 Å². The lowest BCUT2D eigenvalue weighted by molar-refractivity contribution is -0.143. The van der Waals surface area contributed by atoms with Crippen molar-refractivity contribution in [1.82, 2.24) is 15.4 Å². The van der Waals surface area contributed by atoms with Gasteiger partial charge in [0.25, 0.3) is 5.91 Å². The fraction of sp³-hybridized carbons (Fsp3) is 0.273. The van der Waals surface area contributed by atoms with Crippen molar-refractivity contribution in [3.63, 3.8) is 0 Å². The van der Waals surface area contributed by atoms with Crippen LogP contribution in [-0.2, 0) is 21.9 Å². The van der Waals surface area contributed by atoms with Gasteiger partial charge in [-0.3, -0.25) is 9.59 Å².